The maximum Gasteiger partial charge on any atom is 0.369 e. The van der Waals surface area contributed by atoms with E-state index in [0.717, 1.165) is 12.7 Å². The van der Waals surface area contributed by atoms with Gasteiger partial charge in [-0.05, 0) is 32.5 Å². The van der Waals surface area contributed by atoms with E-state index < -0.39 is 30.9 Å². The van der Waals surface area contributed by atoms with Crippen LogP contribution in [0.1, 0.15) is 39.3 Å². The van der Waals surface area contributed by atoms with E-state index >= 15 is 0 Å². The lowest BCUT2D eigenvalue weighted by Gasteiger charge is -2.33. The van der Waals surface area contributed by atoms with Gasteiger partial charge in [0.2, 0.25) is 0 Å². The highest BCUT2D eigenvalue weighted by Crippen LogP contribution is 2.59. The van der Waals surface area contributed by atoms with Crippen LogP contribution in [0, 0.1) is 0 Å². The standard InChI is InChI=1S/C21H32NO7P/c1-7-22(8-2)18(16-14-12-11-13-15-16)17(20(23)26-5)19(21(24)27-6)30(25,28-9-3)29-10-4/h11-15,18H,7-10H2,1-6H3/b19-17-. The van der Waals surface area contributed by atoms with Gasteiger partial charge in [0.05, 0.1) is 39.0 Å². The van der Waals surface area contributed by atoms with Gasteiger partial charge in [-0.15, -0.1) is 0 Å². The van der Waals surface area contributed by atoms with E-state index in [1.807, 2.05) is 49.1 Å². The van der Waals surface area contributed by atoms with Crippen LogP contribution >= 0.6 is 7.60 Å². The Morgan fingerprint density at radius 3 is 1.80 bits per heavy atom. The highest BCUT2D eigenvalue weighted by Gasteiger charge is 2.44. The molecule has 0 bridgehead atoms. The quantitative estimate of drug-likeness (QED) is 0.274. The summed E-state index contributed by atoms with van der Waals surface area (Å²) in [6, 6.07) is 8.42. The van der Waals surface area contributed by atoms with Crippen LogP contribution in [0.15, 0.2) is 41.2 Å². The number of esters is 2. The monoisotopic (exact) mass is 441 g/mol. The van der Waals surface area contributed by atoms with Gasteiger partial charge in [0.15, 0.2) is 5.31 Å². The summed E-state index contributed by atoms with van der Waals surface area (Å²) in [5.74, 6) is -1.77. The molecule has 0 N–H and O–H groups in total. The van der Waals surface area contributed by atoms with Crippen LogP contribution in [0.4, 0.5) is 0 Å². The van der Waals surface area contributed by atoms with Gasteiger partial charge in [0.25, 0.3) is 0 Å². The number of ether oxygens (including phenoxy) is 2. The third-order valence-corrected chi connectivity index (χ3v) is 6.64. The van der Waals surface area contributed by atoms with Crippen molar-refractivity contribution >= 4 is 19.5 Å². The molecule has 9 heteroatoms. The molecule has 0 aliphatic rings. The number of hydrogen-bond acceptors (Lipinski definition) is 8. The van der Waals surface area contributed by atoms with Gasteiger partial charge < -0.3 is 18.5 Å². The summed E-state index contributed by atoms with van der Waals surface area (Å²) < 4.78 is 34.4. The number of hydrogen-bond donors (Lipinski definition) is 0. The summed E-state index contributed by atoms with van der Waals surface area (Å²) in [7, 11) is -1.83. The molecule has 0 fully saturated rings. The van der Waals surface area contributed by atoms with Crippen molar-refractivity contribution in [3.05, 3.63) is 46.8 Å². The summed E-state index contributed by atoms with van der Waals surface area (Å²) in [6.45, 7) is 8.22. The van der Waals surface area contributed by atoms with Crippen molar-refractivity contribution in [2.45, 2.75) is 33.7 Å². The molecule has 1 unspecified atom stereocenters. The largest absolute Gasteiger partial charge is 0.466 e. The smallest absolute Gasteiger partial charge is 0.369 e. The van der Waals surface area contributed by atoms with Crippen molar-refractivity contribution in [3.63, 3.8) is 0 Å². The Kier molecular flexibility index (Phi) is 11.0. The van der Waals surface area contributed by atoms with Crippen molar-refractivity contribution < 1.29 is 32.7 Å². The number of rotatable bonds is 12. The van der Waals surface area contributed by atoms with Crippen LogP contribution in [0.25, 0.3) is 0 Å². The van der Waals surface area contributed by atoms with Crippen LogP contribution in [0.2, 0.25) is 0 Å². The molecule has 0 aromatic heterocycles. The van der Waals surface area contributed by atoms with E-state index in [4.69, 9.17) is 18.5 Å². The highest BCUT2D eigenvalue weighted by molar-refractivity contribution is 7.60. The fourth-order valence-electron chi connectivity index (χ4n) is 3.20. The first kappa shape index (κ1) is 26.0. The van der Waals surface area contributed by atoms with E-state index in [0.29, 0.717) is 13.1 Å². The Labute approximate surface area is 178 Å². The second-order valence-corrected chi connectivity index (χ2v) is 8.07. The molecule has 30 heavy (non-hydrogen) atoms. The Bertz CT molecular complexity index is 765. The van der Waals surface area contributed by atoms with Crippen LogP contribution in [0.5, 0.6) is 0 Å². The molecule has 1 atom stereocenters. The van der Waals surface area contributed by atoms with Gasteiger partial charge in [-0.3, -0.25) is 9.46 Å². The average Bonchev–Trinajstić information content (AvgIpc) is 2.76. The van der Waals surface area contributed by atoms with Crippen molar-refractivity contribution in [1.82, 2.24) is 4.90 Å². The second kappa shape index (κ2) is 12.6. The minimum atomic E-state index is -4.18. The molecule has 0 radical (unpaired) electrons. The molecule has 0 heterocycles. The third kappa shape index (κ3) is 6.01. The summed E-state index contributed by atoms with van der Waals surface area (Å²) in [4.78, 5) is 27.9. The fraction of sp³-hybridized carbons (Fsp3) is 0.524. The molecule has 1 aromatic carbocycles. The minimum absolute atomic E-state index is 0.00744. The molecule has 8 nitrogen and oxygen atoms in total. The van der Waals surface area contributed by atoms with Gasteiger partial charge in [-0.25, -0.2) is 9.59 Å². The fourth-order valence-corrected chi connectivity index (χ4v) is 5.04. The van der Waals surface area contributed by atoms with Crippen LogP contribution < -0.4 is 0 Å². The summed E-state index contributed by atoms with van der Waals surface area (Å²) in [6.07, 6.45) is 0. The molecule has 0 spiro atoms. The molecule has 0 saturated heterocycles. The Hall–Kier alpha value is -1.99. The third-order valence-electron chi connectivity index (χ3n) is 4.48. The first-order valence-electron chi connectivity index (χ1n) is 9.94. The number of methoxy groups -OCH3 is 2. The first-order chi connectivity index (χ1) is 14.3. The second-order valence-electron chi connectivity index (χ2n) is 6.11. The Balaban J connectivity index is 4.05. The van der Waals surface area contributed by atoms with Crippen molar-refractivity contribution in [2.75, 3.05) is 40.5 Å². The lowest BCUT2D eigenvalue weighted by Crippen LogP contribution is -2.34. The highest BCUT2D eigenvalue weighted by atomic mass is 31.2. The summed E-state index contributed by atoms with van der Waals surface area (Å²) >= 11 is 0. The number of benzene rings is 1. The maximum absolute atomic E-state index is 13.7. The number of carbonyl (C=O) groups is 2. The summed E-state index contributed by atoms with van der Waals surface area (Å²) in [5.41, 5.74) is 0.604. The molecular formula is C21H32NO7P. The molecule has 0 aliphatic carbocycles. The van der Waals surface area contributed by atoms with Crippen molar-refractivity contribution in [1.29, 1.82) is 0 Å². The van der Waals surface area contributed by atoms with E-state index in [1.165, 1.54) is 7.11 Å². The van der Waals surface area contributed by atoms with Gasteiger partial charge in [0.1, 0.15) is 0 Å². The Morgan fingerprint density at radius 2 is 1.40 bits per heavy atom. The van der Waals surface area contributed by atoms with E-state index in [1.54, 1.807) is 13.8 Å². The number of nitrogens with zero attached hydrogens (tertiary/aromatic N) is 1. The molecule has 0 saturated carbocycles. The van der Waals surface area contributed by atoms with Gasteiger partial charge in [-0.1, -0.05) is 44.2 Å². The SMILES string of the molecule is CCOP(=O)(OCC)/C(C(=O)OC)=C(\C(=O)OC)C(c1ccccc1)N(CC)CC. The number of carbonyl (C=O) groups excluding carboxylic acids is 2. The number of likely N-dealkylation sites (N-methyl/N-ethyl adjacent to an activating group) is 1. The minimum Gasteiger partial charge on any atom is -0.466 e. The van der Waals surface area contributed by atoms with Gasteiger partial charge in [0, 0.05) is 0 Å². The summed E-state index contributed by atoms with van der Waals surface area (Å²) in [5, 5.41) is -0.443. The molecular weight excluding hydrogens is 409 g/mol. The van der Waals surface area contributed by atoms with E-state index in [2.05, 4.69) is 0 Å². The molecule has 168 valence electrons. The van der Waals surface area contributed by atoms with Crippen molar-refractivity contribution in [2.24, 2.45) is 0 Å². The molecule has 1 rings (SSSR count). The van der Waals surface area contributed by atoms with Crippen LogP contribution in [0.3, 0.4) is 0 Å². The lowest BCUT2D eigenvalue weighted by molar-refractivity contribution is -0.139. The topological polar surface area (TPSA) is 91.4 Å². The maximum atomic E-state index is 13.7. The predicted octanol–water partition coefficient (Wildman–Crippen LogP) is 3.94. The normalized spacial score (nSPS) is 13.6. The predicted molar refractivity (Wildman–Crippen MR) is 114 cm³/mol. The van der Waals surface area contributed by atoms with E-state index in [-0.39, 0.29) is 18.8 Å². The van der Waals surface area contributed by atoms with Gasteiger partial charge >= 0.3 is 19.5 Å². The van der Waals surface area contributed by atoms with Crippen LogP contribution in [-0.4, -0.2) is 57.4 Å². The molecule has 0 amide bonds. The van der Waals surface area contributed by atoms with Crippen molar-refractivity contribution in [3.8, 4) is 0 Å². The zero-order valence-corrected chi connectivity index (χ0v) is 19.4. The van der Waals surface area contributed by atoms with E-state index in [9.17, 15) is 14.2 Å². The zero-order valence-electron chi connectivity index (χ0n) is 18.5. The first-order valence-corrected chi connectivity index (χ1v) is 11.5. The van der Waals surface area contributed by atoms with Crippen LogP contribution in [-0.2, 0) is 32.7 Å². The molecule has 1 aromatic rings. The average molecular weight is 441 g/mol. The Morgan fingerprint density at radius 1 is 0.900 bits per heavy atom. The lowest BCUT2D eigenvalue weighted by atomic mass is 9.96. The van der Waals surface area contributed by atoms with Gasteiger partial charge in [-0.2, -0.15) is 0 Å². The molecule has 0 aliphatic heterocycles. The zero-order chi connectivity index (χ0) is 22.7.